The number of rotatable bonds is 9. The van der Waals surface area contributed by atoms with Crippen LogP contribution in [0.3, 0.4) is 0 Å². The van der Waals surface area contributed by atoms with E-state index in [0.29, 0.717) is 12.0 Å². The summed E-state index contributed by atoms with van der Waals surface area (Å²) in [5.41, 5.74) is 2.51. The van der Waals surface area contributed by atoms with Gasteiger partial charge in [-0.1, -0.05) is 27.7 Å². The van der Waals surface area contributed by atoms with E-state index in [0.717, 1.165) is 19.4 Å². The summed E-state index contributed by atoms with van der Waals surface area (Å²) < 4.78 is 3.25. The lowest BCUT2D eigenvalue weighted by Crippen LogP contribution is -2.34. The molecule has 116 valence electrons. The Bertz CT molecular complexity index is 399. The van der Waals surface area contributed by atoms with Crippen LogP contribution >= 0.6 is 15.9 Å². The van der Waals surface area contributed by atoms with Crippen LogP contribution in [0.2, 0.25) is 0 Å². The average Bonchev–Trinajstić information content (AvgIpc) is 2.68. The molecule has 1 heterocycles. The molecule has 1 atom stereocenters. The number of nitrogens with one attached hydrogen (secondary N) is 1. The Morgan fingerprint density at radius 1 is 1.30 bits per heavy atom. The van der Waals surface area contributed by atoms with Gasteiger partial charge in [0.25, 0.3) is 0 Å². The molecule has 0 saturated heterocycles. The molecule has 0 bridgehead atoms. The summed E-state index contributed by atoms with van der Waals surface area (Å²) in [6.07, 6.45) is 5.73. The minimum absolute atomic E-state index is 0.632. The lowest BCUT2D eigenvalue weighted by molar-refractivity contribution is 0.369. The number of hydrogen-bond donors (Lipinski definition) is 1. The highest BCUT2D eigenvalue weighted by molar-refractivity contribution is 9.10. The molecule has 4 heteroatoms. The monoisotopic (exact) mass is 343 g/mol. The molecular formula is C16H30BrN3. The highest BCUT2D eigenvalue weighted by Crippen LogP contribution is 2.23. The van der Waals surface area contributed by atoms with E-state index in [4.69, 9.17) is 0 Å². The minimum atomic E-state index is 0.632. The van der Waals surface area contributed by atoms with Crippen LogP contribution in [-0.2, 0) is 19.9 Å². The number of halogens is 1. The summed E-state index contributed by atoms with van der Waals surface area (Å²) in [5.74, 6) is 0.697. The van der Waals surface area contributed by atoms with Gasteiger partial charge in [0.05, 0.1) is 15.9 Å². The predicted octanol–water partition coefficient (Wildman–Crippen LogP) is 4.09. The lowest BCUT2D eigenvalue weighted by Gasteiger charge is -2.22. The van der Waals surface area contributed by atoms with E-state index in [1.54, 1.807) is 0 Å². The van der Waals surface area contributed by atoms with Crippen molar-refractivity contribution >= 4 is 15.9 Å². The molecule has 0 aromatic carbocycles. The number of aromatic nitrogens is 2. The zero-order chi connectivity index (χ0) is 15.1. The van der Waals surface area contributed by atoms with Crippen LogP contribution in [0.25, 0.3) is 0 Å². The van der Waals surface area contributed by atoms with Gasteiger partial charge in [0.1, 0.15) is 0 Å². The molecule has 0 fully saturated rings. The maximum Gasteiger partial charge on any atom is 0.0766 e. The van der Waals surface area contributed by atoms with Crippen LogP contribution in [0.15, 0.2) is 4.47 Å². The SMILES string of the molecule is CCCNC(CCCc1c(Br)c(CC)nn1C)C(C)C. The van der Waals surface area contributed by atoms with Gasteiger partial charge in [0.2, 0.25) is 0 Å². The van der Waals surface area contributed by atoms with E-state index in [9.17, 15) is 0 Å². The first-order valence-corrected chi connectivity index (χ1v) is 8.74. The molecule has 1 rings (SSSR count). The third kappa shape index (κ3) is 4.88. The first-order chi connectivity index (χ1) is 9.51. The van der Waals surface area contributed by atoms with Crippen LogP contribution in [0.5, 0.6) is 0 Å². The molecule has 0 saturated carbocycles. The second-order valence-electron chi connectivity index (χ2n) is 5.88. The molecular weight excluding hydrogens is 314 g/mol. The Balaban J connectivity index is 2.52. The molecule has 1 aromatic rings. The first kappa shape index (κ1) is 17.7. The van der Waals surface area contributed by atoms with Gasteiger partial charge in [-0.05, 0) is 60.5 Å². The molecule has 1 aromatic heterocycles. The third-order valence-electron chi connectivity index (χ3n) is 3.89. The van der Waals surface area contributed by atoms with Crippen LogP contribution in [0.4, 0.5) is 0 Å². The molecule has 20 heavy (non-hydrogen) atoms. The summed E-state index contributed by atoms with van der Waals surface area (Å²) in [6, 6.07) is 0.632. The van der Waals surface area contributed by atoms with Gasteiger partial charge >= 0.3 is 0 Å². The molecule has 0 radical (unpaired) electrons. The fourth-order valence-electron chi connectivity index (χ4n) is 2.58. The highest BCUT2D eigenvalue weighted by atomic mass is 79.9. The Hall–Kier alpha value is -0.350. The maximum absolute atomic E-state index is 4.57. The minimum Gasteiger partial charge on any atom is -0.314 e. The van der Waals surface area contributed by atoms with Gasteiger partial charge in [-0.3, -0.25) is 4.68 Å². The van der Waals surface area contributed by atoms with Crippen molar-refractivity contribution in [3.63, 3.8) is 0 Å². The van der Waals surface area contributed by atoms with Gasteiger partial charge in [0.15, 0.2) is 0 Å². The predicted molar refractivity (Wildman–Crippen MR) is 90.1 cm³/mol. The molecule has 0 aliphatic rings. The van der Waals surface area contributed by atoms with Crippen molar-refractivity contribution < 1.29 is 0 Å². The van der Waals surface area contributed by atoms with E-state index in [1.807, 2.05) is 4.68 Å². The van der Waals surface area contributed by atoms with Crippen LogP contribution < -0.4 is 5.32 Å². The Morgan fingerprint density at radius 2 is 2.00 bits per heavy atom. The van der Waals surface area contributed by atoms with Crippen molar-refractivity contribution in [1.82, 2.24) is 15.1 Å². The number of hydrogen-bond acceptors (Lipinski definition) is 2. The molecule has 1 N–H and O–H groups in total. The van der Waals surface area contributed by atoms with Crippen LogP contribution in [0.1, 0.15) is 58.3 Å². The van der Waals surface area contributed by atoms with E-state index in [-0.39, 0.29) is 0 Å². The lowest BCUT2D eigenvalue weighted by atomic mass is 9.97. The molecule has 0 aliphatic heterocycles. The van der Waals surface area contributed by atoms with Crippen molar-refractivity contribution in [2.75, 3.05) is 6.54 Å². The van der Waals surface area contributed by atoms with Crippen molar-refractivity contribution in [1.29, 1.82) is 0 Å². The summed E-state index contributed by atoms with van der Waals surface area (Å²) in [7, 11) is 2.05. The van der Waals surface area contributed by atoms with Crippen molar-refractivity contribution in [3.05, 3.63) is 15.9 Å². The van der Waals surface area contributed by atoms with Gasteiger partial charge in [-0.2, -0.15) is 5.10 Å². The zero-order valence-corrected chi connectivity index (χ0v) is 15.3. The van der Waals surface area contributed by atoms with Gasteiger partial charge in [-0.15, -0.1) is 0 Å². The summed E-state index contributed by atoms with van der Waals surface area (Å²) in [6.45, 7) is 10.1. The Morgan fingerprint density at radius 3 is 2.50 bits per heavy atom. The van der Waals surface area contributed by atoms with Crippen molar-refractivity contribution in [2.24, 2.45) is 13.0 Å². The van der Waals surface area contributed by atoms with Gasteiger partial charge in [0, 0.05) is 13.1 Å². The number of aryl methyl sites for hydroxylation is 2. The normalized spacial score (nSPS) is 13.2. The van der Waals surface area contributed by atoms with Crippen LogP contribution in [-0.4, -0.2) is 22.4 Å². The second-order valence-corrected chi connectivity index (χ2v) is 6.67. The van der Waals surface area contributed by atoms with Gasteiger partial charge < -0.3 is 5.32 Å². The summed E-state index contributed by atoms with van der Waals surface area (Å²) in [5, 5.41) is 8.23. The van der Waals surface area contributed by atoms with Crippen LogP contribution in [0, 0.1) is 5.92 Å². The van der Waals surface area contributed by atoms with Crippen molar-refractivity contribution in [3.8, 4) is 0 Å². The molecule has 1 unspecified atom stereocenters. The fraction of sp³-hybridized carbons (Fsp3) is 0.812. The highest BCUT2D eigenvalue weighted by Gasteiger charge is 2.15. The maximum atomic E-state index is 4.57. The Labute approximate surface area is 132 Å². The third-order valence-corrected chi connectivity index (χ3v) is 4.81. The molecule has 0 aliphatic carbocycles. The second kappa shape index (κ2) is 8.83. The van der Waals surface area contributed by atoms with E-state index >= 15 is 0 Å². The summed E-state index contributed by atoms with van der Waals surface area (Å²) in [4.78, 5) is 0. The zero-order valence-electron chi connectivity index (χ0n) is 13.7. The smallest absolute Gasteiger partial charge is 0.0766 e. The first-order valence-electron chi connectivity index (χ1n) is 7.94. The van der Waals surface area contributed by atoms with Crippen molar-refractivity contribution in [2.45, 2.75) is 65.8 Å². The fourth-order valence-corrected chi connectivity index (χ4v) is 3.40. The largest absolute Gasteiger partial charge is 0.314 e. The van der Waals surface area contributed by atoms with E-state index in [1.165, 1.54) is 35.1 Å². The van der Waals surface area contributed by atoms with Gasteiger partial charge in [-0.25, -0.2) is 0 Å². The van der Waals surface area contributed by atoms with E-state index in [2.05, 4.69) is 61.1 Å². The summed E-state index contributed by atoms with van der Waals surface area (Å²) >= 11 is 3.70. The standard InChI is InChI=1S/C16H30BrN3/c1-6-11-18-14(12(3)4)9-8-10-15-16(17)13(7-2)19-20(15)5/h12,14,18H,6-11H2,1-5H3. The van der Waals surface area contributed by atoms with E-state index < -0.39 is 0 Å². The molecule has 0 spiro atoms. The number of nitrogens with zero attached hydrogens (tertiary/aromatic N) is 2. The molecule has 0 amide bonds. The quantitative estimate of drug-likeness (QED) is 0.731. The molecule has 3 nitrogen and oxygen atoms in total. The average molecular weight is 344 g/mol. The Kier molecular flexibility index (Phi) is 7.82. The topological polar surface area (TPSA) is 29.9 Å².